The Morgan fingerprint density at radius 3 is 2.35 bits per heavy atom. The average Bonchev–Trinajstić information content (AvgIpc) is 3.89. The summed E-state index contributed by atoms with van der Waals surface area (Å²) in [5, 5.41) is 1.54. The van der Waals surface area contributed by atoms with Gasteiger partial charge in [0.25, 0.3) is 0 Å². The first-order valence-corrected chi connectivity index (χ1v) is 15.0. The normalized spacial score (nSPS) is 16.1. The van der Waals surface area contributed by atoms with Crippen molar-refractivity contribution < 1.29 is 11.3 Å². The Morgan fingerprint density at radius 2 is 1.56 bits per heavy atom. The number of fused-ring (bicyclic) bond motifs is 3. The second-order valence-corrected chi connectivity index (χ2v) is 11.4. The van der Waals surface area contributed by atoms with Crippen molar-refractivity contribution in [2.24, 2.45) is 5.92 Å². The minimum absolute atomic E-state index is 0.00614. The van der Waals surface area contributed by atoms with Crippen LogP contribution in [0, 0.1) is 12.8 Å². The van der Waals surface area contributed by atoms with Crippen LogP contribution in [0.3, 0.4) is 0 Å². The number of para-hydroxylation sites is 1. The van der Waals surface area contributed by atoms with Crippen molar-refractivity contribution in [2.75, 3.05) is 0 Å². The van der Waals surface area contributed by atoms with E-state index in [-0.39, 0.29) is 11.5 Å². The number of aromatic nitrogens is 2. The number of rotatable bonds is 6. The summed E-state index contributed by atoms with van der Waals surface area (Å²) in [6.45, 7) is -2.37. The van der Waals surface area contributed by atoms with E-state index in [1.54, 1.807) is 12.3 Å². The molecule has 5 aromatic carbocycles. The number of aryl methyl sites for hydroxylation is 1. The molecule has 2 aromatic heterocycles. The van der Waals surface area contributed by atoms with Crippen LogP contribution >= 0.6 is 0 Å². The number of nitrogens with zero attached hydrogens (tertiary/aromatic N) is 2. The lowest BCUT2D eigenvalue weighted by Gasteiger charge is -2.11. The van der Waals surface area contributed by atoms with Crippen molar-refractivity contribution in [1.82, 2.24) is 9.55 Å². The summed E-state index contributed by atoms with van der Waals surface area (Å²) in [4.78, 5) is 4.72. The third-order valence-electron chi connectivity index (χ3n) is 8.69. The summed E-state index contributed by atoms with van der Waals surface area (Å²) in [6.07, 6.45) is 6.19. The van der Waals surface area contributed by atoms with Gasteiger partial charge in [-0.05, 0) is 82.9 Å². The molecule has 0 saturated heterocycles. The Kier molecular flexibility index (Phi) is 5.22. The lowest BCUT2D eigenvalue weighted by Crippen LogP contribution is -1.98. The van der Waals surface area contributed by atoms with Crippen molar-refractivity contribution in [3.05, 3.63) is 133 Å². The molecule has 1 aliphatic rings. The maximum Gasteiger partial charge on any atom is 0.148 e. The SMILES string of the molecule is [2H]C([2H])([2H])c1cc2c(cc1-c1ccc(C([2H])([2H])C3CCCC3)cc1)oc1c(-c3nccn3-c3ccc(-c4ccccc4)cc3)cccc12. The summed E-state index contributed by atoms with van der Waals surface area (Å²) in [5.74, 6) is 0.724. The van der Waals surface area contributed by atoms with E-state index in [9.17, 15) is 0 Å². The Hall–Kier alpha value is -4.89. The second-order valence-electron chi connectivity index (χ2n) is 11.4. The van der Waals surface area contributed by atoms with Crippen LogP contribution in [0.4, 0.5) is 0 Å². The fraction of sp³-hybridized carbons (Fsp3) is 0.175. The summed E-state index contributed by atoms with van der Waals surface area (Å²) in [6, 6.07) is 35.3. The van der Waals surface area contributed by atoms with Crippen LogP contribution in [0.5, 0.6) is 0 Å². The first kappa shape index (κ1) is 20.9. The molecule has 0 N–H and O–H groups in total. The van der Waals surface area contributed by atoms with E-state index in [0.717, 1.165) is 64.7 Å². The standard InChI is InChI=1S/C40H34N2O/c1-27-24-37-34-12-7-13-35(40-41-22-23-42(40)33-20-18-31(19-21-33)30-10-3-2-4-11-30)39(34)43-38(37)26-36(27)32-16-14-29(15-17-32)25-28-8-5-6-9-28/h2-4,7,10-24,26,28H,5-6,8-9,25H2,1H3/i1D3,25D2. The summed E-state index contributed by atoms with van der Waals surface area (Å²) in [7, 11) is 0. The molecule has 43 heavy (non-hydrogen) atoms. The quantitative estimate of drug-likeness (QED) is 0.201. The van der Waals surface area contributed by atoms with E-state index < -0.39 is 13.2 Å². The van der Waals surface area contributed by atoms with Crippen LogP contribution in [-0.2, 0) is 6.37 Å². The first-order valence-electron chi connectivity index (χ1n) is 17.5. The molecular weight excluding hydrogens is 524 g/mol. The lowest BCUT2D eigenvalue weighted by atomic mass is 9.94. The minimum Gasteiger partial charge on any atom is -0.455 e. The fourth-order valence-corrected chi connectivity index (χ4v) is 6.47. The van der Waals surface area contributed by atoms with E-state index in [1.807, 2.05) is 77.5 Å². The summed E-state index contributed by atoms with van der Waals surface area (Å²) >= 11 is 0. The Labute approximate surface area is 259 Å². The highest BCUT2D eigenvalue weighted by Gasteiger charge is 2.19. The molecule has 1 aliphatic carbocycles. The van der Waals surface area contributed by atoms with Gasteiger partial charge in [0.05, 0.1) is 5.56 Å². The highest BCUT2D eigenvalue weighted by Crippen LogP contribution is 2.39. The van der Waals surface area contributed by atoms with Crippen LogP contribution in [-0.4, -0.2) is 9.55 Å². The molecule has 0 unspecified atom stereocenters. The van der Waals surface area contributed by atoms with E-state index in [0.29, 0.717) is 27.9 Å². The van der Waals surface area contributed by atoms with E-state index >= 15 is 0 Å². The van der Waals surface area contributed by atoms with E-state index in [1.165, 1.54) is 0 Å². The molecule has 0 amide bonds. The zero-order valence-electron chi connectivity index (χ0n) is 28.8. The lowest BCUT2D eigenvalue weighted by molar-refractivity contribution is 0.546. The van der Waals surface area contributed by atoms with Gasteiger partial charge in [-0.25, -0.2) is 4.98 Å². The zero-order chi connectivity index (χ0) is 33.0. The molecule has 0 bridgehead atoms. The zero-order valence-corrected chi connectivity index (χ0v) is 23.8. The average molecular weight is 564 g/mol. The molecule has 0 spiro atoms. The highest BCUT2D eigenvalue weighted by atomic mass is 16.3. The first-order chi connectivity index (χ1) is 23.2. The smallest absolute Gasteiger partial charge is 0.148 e. The molecule has 1 fully saturated rings. The maximum absolute atomic E-state index is 8.80. The van der Waals surface area contributed by atoms with Gasteiger partial charge in [-0.15, -0.1) is 0 Å². The largest absolute Gasteiger partial charge is 0.455 e. The van der Waals surface area contributed by atoms with Gasteiger partial charge in [0.2, 0.25) is 0 Å². The van der Waals surface area contributed by atoms with Gasteiger partial charge in [-0.3, -0.25) is 4.57 Å². The van der Waals surface area contributed by atoms with Gasteiger partial charge in [0.1, 0.15) is 17.0 Å². The molecule has 3 nitrogen and oxygen atoms in total. The molecule has 7 aromatic rings. The van der Waals surface area contributed by atoms with Gasteiger partial charge in [0, 0.05) is 35.7 Å². The van der Waals surface area contributed by atoms with Crippen molar-refractivity contribution in [3.8, 4) is 39.3 Å². The third kappa shape index (κ3) is 4.75. The van der Waals surface area contributed by atoms with Crippen molar-refractivity contribution in [3.63, 3.8) is 0 Å². The predicted octanol–water partition coefficient (Wildman–Crippen LogP) is 10.8. The van der Waals surface area contributed by atoms with Gasteiger partial charge in [-0.1, -0.05) is 105 Å². The summed E-state index contributed by atoms with van der Waals surface area (Å²) < 4.78 is 51.5. The molecule has 210 valence electrons. The van der Waals surface area contributed by atoms with Crippen molar-refractivity contribution in [2.45, 2.75) is 38.9 Å². The Bertz CT molecular complexity index is 2240. The van der Waals surface area contributed by atoms with Crippen LogP contribution < -0.4 is 0 Å². The Morgan fingerprint density at radius 1 is 0.791 bits per heavy atom. The van der Waals surface area contributed by atoms with Crippen molar-refractivity contribution in [1.29, 1.82) is 0 Å². The van der Waals surface area contributed by atoms with Crippen LogP contribution in [0.15, 0.2) is 126 Å². The molecule has 0 radical (unpaired) electrons. The maximum atomic E-state index is 8.80. The van der Waals surface area contributed by atoms with Gasteiger partial charge in [0.15, 0.2) is 0 Å². The number of hydrogen-bond donors (Lipinski definition) is 0. The number of furan rings is 1. The molecule has 8 rings (SSSR count). The topological polar surface area (TPSA) is 31.0 Å². The van der Waals surface area contributed by atoms with Gasteiger partial charge in [-0.2, -0.15) is 0 Å². The molecular formula is C40H34N2O. The van der Waals surface area contributed by atoms with Crippen LogP contribution in [0.25, 0.3) is 61.3 Å². The number of hydrogen-bond acceptors (Lipinski definition) is 2. The summed E-state index contributed by atoms with van der Waals surface area (Å²) in [5.41, 5.74) is 7.38. The fourth-order valence-electron chi connectivity index (χ4n) is 6.47. The minimum atomic E-state index is -2.37. The molecule has 1 saturated carbocycles. The predicted molar refractivity (Wildman–Crippen MR) is 178 cm³/mol. The van der Waals surface area contributed by atoms with Gasteiger partial charge >= 0.3 is 0 Å². The third-order valence-corrected chi connectivity index (χ3v) is 8.69. The van der Waals surface area contributed by atoms with Gasteiger partial charge < -0.3 is 4.42 Å². The van der Waals surface area contributed by atoms with Crippen LogP contribution in [0.1, 0.15) is 43.7 Å². The second kappa shape index (κ2) is 10.7. The van der Waals surface area contributed by atoms with Crippen molar-refractivity contribution >= 4 is 21.9 Å². The molecule has 3 heteroatoms. The Balaban J connectivity index is 1.21. The molecule has 2 heterocycles. The number of benzene rings is 5. The van der Waals surface area contributed by atoms with Crippen LogP contribution in [0.2, 0.25) is 0 Å². The molecule has 0 aliphatic heterocycles. The molecule has 0 atom stereocenters. The van der Waals surface area contributed by atoms with E-state index in [4.69, 9.17) is 16.3 Å². The number of imidazole rings is 1. The van der Waals surface area contributed by atoms with E-state index in [2.05, 4.69) is 36.4 Å². The highest BCUT2D eigenvalue weighted by molar-refractivity contribution is 6.10. The monoisotopic (exact) mass is 563 g/mol.